The molecule has 0 amide bonds. The number of nitrogens with one attached hydrogen (secondary N) is 1. The maximum absolute atomic E-state index is 6.29. The van der Waals surface area contributed by atoms with Gasteiger partial charge in [0.15, 0.2) is 0 Å². The fourth-order valence-electron chi connectivity index (χ4n) is 2.25. The fraction of sp³-hybridized carbons (Fsp3) is 0.357. The molecule has 1 aromatic heterocycles. The van der Waals surface area contributed by atoms with Crippen LogP contribution in [-0.2, 0) is 0 Å². The van der Waals surface area contributed by atoms with Gasteiger partial charge in [0.2, 0.25) is 0 Å². The van der Waals surface area contributed by atoms with Crippen LogP contribution in [0.15, 0.2) is 30.5 Å². The lowest BCUT2D eigenvalue weighted by molar-refractivity contribution is 0.400. The zero-order chi connectivity index (χ0) is 14.7. The van der Waals surface area contributed by atoms with Gasteiger partial charge in [-0.2, -0.15) is 5.10 Å². The molecule has 1 heterocycles. The number of aromatic nitrogens is 2. The summed E-state index contributed by atoms with van der Waals surface area (Å²) in [4.78, 5) is 0. The highest BCUT2D eigenvalue weighted by molar-refractivity contribution is 6.31. The summed E-state index contributed by atoms with van der Waals surface area (Å²) >= 11 is 6.29. The smallest absolute Gasteiger partial charge is 0.124 e. The monoisotopic (exact) mass is 294 g/mol. The van der Waals surface area contributed by atoms with Crippen molar-refractivity contribution in [3.05, 3.63) is 46.7 Å². The summed E-state index contributed by atoms with van der Waals surface area (Å²) in [5.41, 5.74) is 4.55. The van der Waals surface area contributed by atoms with E-state index in [9.17, 15) is 0 Å². The fourth-order valence-corrected chi connectivity index (χ4v) is 2.49. The molecule has 20 heavy (non-hydrogen) atoms. The summed E-state index contributed by atoms with van der Waals surface area (Å²) in [5.74, 6) is 6.51. The summed E-state index contributed by atoms with van der Waals surface area (Å²) in [6, 6.07) is 7.59. The minimum atomic E-state index is -0.288. The molecule has 0 aliphatic rings. The van der Waals surface area contributed by atoms with E-state index in [0.29, 0.717) is 5.02 Å². The normalized spacial score (nSPS) is 12.7. The average Bonchev–Trinajstić information content (AvgIpc) is 2.83. The number of hydrogen-bond donors (Lipinski definition) is 2. The zero-order valence-electron chi connectivity index (χ0n) is 11.8. The van der Waals surface area contributed by atoms with Crippen molar-refractivity contribution in [3.63, 3.8) is 0 Å². The minimum absolute atomic E-state index is 0.183. The molecule has 2 rings (SSSR count). The molecule has 6 heteroatoms. The van der Waals surface area contributed by atoms with Gasteiger partial charge in [0.25, 0.3) is 0 Å². The second-order valence-corrected chi connectivity index (χ2v) is 5.16. The van der Waals surface area contributed by atoms with E-state index in [1.807, 2.05) is 42.8 Å². The predicted molar refractivity (Wildman–Crippen MR) is 79.8 cm³/mol. The van der Waals surface area contributed by atoms with Gasteiger partial charge in [-0.25, -0.2) is 5.43 Å². The topological polar surface area (TPSA) is 65.1 Å². The first kappa shape index (κ1) is 14.8. The van der Waals surface area contributed by atoms with Crippen molar-refractivity contribution >= 4 is 11.6 Å². The third-order valence-corrected chi connectivity index (χ3v) is 3.46. The zero-order valence-corrected chi connectivity index (χ0v) is 12.6. The second kappa shape index (κ2) is 6.26. The summed E-state index contributed by atoms with van der Waals surface area (Å²) in [7, 11) is 1.63. The van der Waals surface area contributed by atoms with Crippen molar-refractivity contribution in [2.24, 2.45) is 5.84 Å². The van der Waals surface area contributed by atoms with Crippen molar-refractivity contribution in [3.8, 4) is 5.75 Å². The maximum atomic E-state index is 6.29. The Hall–Kier alpha value is -1.56. The largest absolute Gasteiger partial charge is 0.496 e. The van der Waals surface area contributed by atoms with Crippen molar-refractivity contribution < 1.29 is 4.74 Å². The molecule has 1 atom stereocenters. The summed E-state index contributed by atoms with van der Waals surface area (Å²) < 4.78 is 7.26. The summed E-state index contributed by atoms with van der Waals surface area (Å²) in [6.45, 7) is 4.09. The lowest BCUT2D eigenvalue weighted by Crippen LogP contribution is -2.31. The summed E-state index contributed by atoms with van der Waals surface area (Å²) in [5, 5.41) is 4.89. The Morgan fingerprint density at radius 3 is 2.65 bits per heavy atom. The minimum Gasteiger partial charge on any atom is -0.496 e. The second-order valence-electron chi connectivity index (χ2n) is 4.76. The van der Waals surface area contributed by atoms with Crippen LogP contribution in [0.1, 0.15) is 37.2 Å². The Balaban J connectivity index is 2.55. The molecule has 108 valence electrons. The molecule has 0 radical (unpaired) electrons. The molecule has 0 aliphatic heterocycles. The highest BCUT2D eigenvalue weighted by Gasteiger charge is 2.24. The van der Waals surface area contributed by atoms with E-state index in [1.165, 1.54) is 0 Å². The molecule has 3 N–H and O–H groups in total. The molecule has 0 saturated heterocycles. The van der Waals surface area contributed by atoms with Crippen LogP contribution in [0, 0.1) is 0 Å². The van der Waals surface area contributed by atoms with Gasteiger partial charge in [-0.1, -0.05) is 29.8 Å². The van der Waals surface area contributed by atoms with Gasteiger partial charge in [-0.05, 0) is 19.9 Å². The number of halogens is 1. The first-order valence-electron chi connectivity index (χ1n) is 6.42. The molecular weight excluding hydrogens is 276 g/mol. The van der Waals surface area contributed by atoms with Crippen LogP contribution in [0.3, 0.4) is 0 Å². The van der Waals surface area contributed by atoms with Crippen LogP contribution in [0.4, 0.5) is 0 Å². The quantitative estimate of drug-likeness (QED) is 0.657. The maximum Gasteiger partial charge on any atom is 0.124 e. The van der Waals surface area contributed by atoms with Crippen molar-refractivity contribution in [1.29, 1.82) is 0 Å². The number of para-hydroxylation sites is 1. The molecule has 0 saturated carbocycles. The summed E-state index contributed by atoms with van der Waals surface area (Å²) in [6.07, 6.45) is 1.64. The Labute approximate surface area is 123 Å². The van der Waals surface area contributed by atoms with Crippen molar-refractivity contribution in [2.45, 2.75) is 25.9 Å². The number of ether oxygens (including phenoxy) is 1. The van der Waals surface area contributed by atoms with Gasteiger partial charge in [-0.3, -0.25) is 10.5 Å². The van der Waals surface area contributed by atoms with Crippen LogP contribution >= 0.6 is 11.6 Å². The van der Waals surface area contributed by atoms with Crippen LogP contribution in [-0.4, -0.2) is 16.9 Å². The standard InChI is InChI=1S/C14H19ClN4O/c1-9(2)19-14(11(15)8-17-19)13(18-16)10-6-4-5-7-12(10)20-3/h4-9,13,18H,16H2,1-3H3. The molecule has 1 unspecified atom stereocenters. The molecule has 0 aliphatic carbocycles. The van der Waals surface area contributed by atoms with Gasteiger partial charge in [0.05, 0.1) is 30.1 Å². The lowest BCUT2D eigenvalue weighted by Gasteiger charge is -2.22. The highest BCUT2D eigenvalue weighted by Crippen LogP contribution is 2.34. The number of nitrogens with two attached hydrogens (primary N) is 1. The van der Waals surface area contributed by atoms with Gasteiger partial charge in [-0.15, -0.1) is 0 Å². The molecule has 0 fully saturated rings. The average molecular weight is 295 g/mol. The van der Waals surface area contributed by atoms with Crippen molar-refractivity contribution in [1.82, 2.24) is 15.2 Å². The number of rotatable bonds is 5. The first-order chi connectivity index (χ1) is 9.60. The highest BCUT2D eigenvalue weighted by atomic mass is 35.5. The lowest BCUT2D eigenvalue weighted by atomic mass is 10.0. The number of nitrogens with zero attached hydrogens (tertiary/aromatic N) is 2. The van der Waals surface area contributed by atoms with E-state index in [4.69, 9.17) is 22.2 Å². The van der Waals surface area contributed by atoms with Gasteiger partial charge >= 0.3 is 0 Å². The molecule has 0 bridgehead atoms. The third kappa shape index (κ3) is 2.65. The van der Waals surface area contributed by atoms with E-state index < -0.39 is 0 Å². The van der Waals surface area contributed by atoms with Crippen LogP contribution in [0.25, 0.3) is 0 Å². The Morgan fingerprint density at radius 1 is 1.35 bits per heavy atom. The first-order valence-corrected chi connectivity index (χ1v) is 6.79. The van der Waals surface area contributed by atoms with E-state index in [2.05, 4.69) is 10.5 Å². The molecule has 2 aromatic rings. The van der Waals surface area contributed by atoms with Crippen LogP contribution in [0.2, 0.25) is 5.02 Å². The number of hydrogen-bond acceptors (Lipinski definition) is 4. The Kier molecular flexibility index (Phi) is 4.65. The van der Waals surface area contributed by atoms with Gasteiger partial charge in [0.1, 0.15) is 5.75 Å². The van der Waals surface area contributed by atoms with E-state index in [0.717, 1.165) is 17.0 Å². The van der Waals surface area contributed by atoms with Crippen molar-refractivity contribution in [2.75, 3.05) is 7.11 Å². The third-order valence-electron chi connectivity index (χ3n) is 3.17. The number of hydrazine groups is 1. The Bertz CT molecular complexity index is 582. The van der Waals surface area contributed by atoms with Gasteiger partial charge < -0.3 is 4.74 Å². The van der Waals surface area contributed by atoms with Crippen LogP contribution in [0.5, 0.6) is 5.75 Å². The molecule has 1 aromatic carbocycles. The molecule has 0 spiro atoms. The Morgan fingerprint density at radius 2 is 2.05 bits per heavy atom. The SMILES string of the molecule is COc1ccccc1C(NN)c1c(Cl)cnn1C(C)C. The number of benzene rings is 1. The molecular formula is C14H19ClN4O. The van der Waals surface area contributed by atoms with Crippen LogP contribution < -0.4 is 16.0 Å². The van der Waals surface area contributed by atoms with Gasteiger partial charge in [0, 0.05) is 11.6 Å². The number of methoxy groups -OCH3 is 1. The van der Waals surface area contributed by atoms with E-state index in [-0.39, 0.29) is 12.1 Å². The predicted octanol–water partition coefficient (Wildman–Crippen LogP) is 2.68. The van der Waals surface area contributed by atoms with E-state index in [1.54, 1.807) is 13.3 Å². The molecule has 5 nitrogen and oxygen atoms in total. The van der Waals surface area contributed by atoms with E-state index >= 15 is 0 Å².